The van der Waals surface area contributed by atoms with Crippen molar-refractivity contribution in [2.45, 2.75) is 63.3 Å². The highest BCUT2D eigenvalue weighted by molar-refractivity contribution is 5.05. The van der Waals surface area contributed by atoms with E-state index in [0.29, 0.717) is 12.0 Å². The lowest BCUT2D eigenvalue weighted by Crippen LogP contribution is -2.26. The molecule has 1 aliphatic heterocycles. The van der Waals surface area contributed by atoms with Crippen molar-refractivity contribution >= 4 is 0 Å². The molecule has 0 amide bonds. The van der Waals surface area contributed by atoms with E-state index < -0.39 is 0 Å². The minimum atomic E-state index is 0.362. The molecule has 0 radical (unpaired) electrons. The van der Waals surface area contributed by atoms with Gasteiger partial charge in [0.15, 0.2) is 0 Å². The number of nitrogens with zero attached hydrogens (tertiary/aromatic N) is 1. The minimum Gasteiger partial charge on any atom is -0.444 e. The van der Waals surface area contributed by atoms with E-state index in [1.54, 1.807) is 0 Å². The zero-order valence-electron chi connectivity index (χ0n) is 10.5. The average Bonchev–Trinajstić information content (AvgIpc) is 2.90. The number of aromatic nitrogens is 1. The van der Waals surface area contributed by atoms with Crippen LogP contribution in [0.2, 0.25) is 0 Å². The third kappa shape index (κ3) is 2.54. The molecule has 1 atom stereocenters. The Hall–Kier alpha value is -0.830. The van der Waals surface area contributed by atoms with Crippen LogP contribution in [0.1, 0.15) is 75.0 Å². The Morgan fingerprint density at radius 3 is 2.65 bits per heavy atom. The van der Waals surface area contributed by atoms with Gasteiger partial charge in [-0.1, -0.05) is 25.7 Å². The van der Waals surface area contributed by atoms with E-state index in [9.17, 15) is 0 Å². The number of hydrogen-bond donors (Lipinski definition) is 1. The first-order valence-electron chi connectivity index (χ1n) is 7.12. The summed E-state index contributed by atoms with van der Waals surface area (Å²) in [7, 11) is 0. The maximum absolute atomic E-state index is 5.99. The van der Waals surface area contributed by atoms with E-state index in [0.717, 1.165) is 18.2 Å². The molecular weight excluding hydrogens is 212 g/mol. The maximum atomic E-state index is 5.99. The first-order valence-corrected chi connectivity index (χ1v) is 7.12. The Balaban J connectivity index is 1.68. The fourth-order valence-corrected chi connectivity index (χ4v) is 3.10. The first kappa shape index (κ1) is 11.3. The molecule has 1 aliphatic carbocycles. The van der Waals surface area contributed by atoms with Gasteiger partial charge in [-0.15, -0.1) is 0 Å². The van der Waals surface area contributed by atoms with Crippen LogP contribution in [0, 0.1) is 0 Å². The molecule has 3 rings (SSSR count). The molecule has 3 heteroatoms. The summed E-state index contributed by atoms with van der Waals surface area (Å²) in [4.78, 5) is 4.49. The third-order valence-corrected chi connectivity index (χ3v) is 4.16. The van der Waals surface area contributed by atoms with Crippen LogP contribution in [-0.2, 0) is 0 Å². The number of rotatable bonds is 2. The second kappa shape index (κ2) is 5.21. The topological polar surface area (TPSA) is 38.1 Å². The van der Waals surface area contributed by atoms with Gasteiger partial charge in [-0.05, 0) is 32.2 Å². The molecule has 0 spiro atoms. The largest absolute Gasteiger partial charge is 0.444 e. The molecule has 1 aromatic rings. The van der Waals surface area contributed by atoms with Crippen LogP contribution < -0.4 is 5.32 Å². The zero-order chi connectivity index (χ0) is 11.5. The van der Waals surface area contributed by atoms with Crippen molar-refractivity contribution in [3.8, 4) is 0 Å². The van der Waals surface area contributed by atoms with Crippen LogP contribution in [0.3, 0.4) is 0 Å². The van der Waals surface area contributed by atoms with Crippen LogP contribution in [0.15, 0.2) is 10.6 Å². The van der Waals surface area contributed by atoms with Gasteiger partial charge in [0.1, 0.15) is 5.76 Å². The van der Waals surface area contributed by atoms with E-state index in [2.05, 4.69) is 10.3 Å². The molecule has 1 saturated carbocycles. The lowest BCUT2D eigenvalue weighted by atomic mass is 9.88. The summed E-state index contributed by atoms with van der Waals surface area (Å²) in [6.07, 6.45) is 12.4. The molecule has 1 aromatic heterocycles. The second-order valence-corrected chi connectivity index (χ2v) is 5.44. The lowest BCUT2D eigenvalue weighted by Gasteiger charge is -2.21. The molecule has 2 heterocycles. The zero-order valence-corrected chi connectivity index (χ0v) is 10.5. The smallest absolute Gasteiger partial charge is 0.211 e. The van der Waals surface area contributed by atoms with E-state index >= 15 is 0 Å². The molecule has 0 aromatic carbocycles. The molecule has 0 bridgehead atoms. The SMILES string of the molecule is c1nc(C2CCCCN2)oc1C1CCCCC1. The van der Waals surface area contributed by atoms with Crippen molar-refractivity contribution in [1.29, 1.82) is 0 Å². The van der Waals surface area contributed by atoms with Gasteiger partial charge in [-0.25, -0.2) is 4.98 Å². The Morgan fingerprint density at radius 2 is 1.88 bits per heavy atom. The highest BCUT2D eigenvalue weighted by Gasteiger charge is 2.23. The summed E-state index contributed by atoms with van der Waals surface area (Å²) < 4.78 is 5.99. The number of nitrogens with one attached hydrogen (secondary N) is 1. The third-order valence-electron chi connectivity index (χ3n) is 4.16. The average molecular weight is 234 g/mol. The maximum Gasteiger partial charge on any atom is 0.211 e. The summed E-state index contributed by atoms with van der Waals surface area (Å²) in [6, 6.07) is 0.362. The van der Waals surface area contributed by atoms with Crippen LogP contribution in [0.25, 0.3) is 0 Å². The molecule has 1 saturated heterocycles. The van der Waals surface area contributed by atoms with Gasteiger partial charge in [0.25, 0.3) is 0 Å². The molecular formula is C14H22N2O. The van der Waals surface area contributed by atoms with Crippen LogP contribution in [0.5, 0.6) is 0 Å². The monoisotopic (exact) mass is 234 g/mol. The van der Waals surface area contributed by atoms with Crippen LogP contribution >= 0.6 is 0 Å². The van der Waals surface area contributed by atoms with Gasteiger partial charge in [0.2, 0.25) is 5.89 Å². The Labute approximate surface area is 103 Å². The quantitative estimate of drug-likeness (QED) is 0.850. The summed E-state index contributed by atoms with van der Waals surface area (Å²) in [5, 5.41) is 3.50. The normalized spacial score (nSPS) is 27.2. The highest BCUT2D eigenvalue weighted by Crippen LogP contribution is 2.34. The first-order chi connectivity index (χ1) is 8.43. The summed E-state index contributed by atoms with van der Waals surface area (Å²) >= 11 is 0. The van der Waals surface area contributed by atoms with Gasteiger partial charge >= 0.3 is 0 Å². The van der Waals surface area contributed by atoms with E-state index in [1.165, 1.54) is 51.4 Å². The predicted molar refractivity (Wildman–Crippen MR) is 66.9 cm³/mol. The van der Waals surface area contributed by atoms with E-state index in [4.69, 9.17) is 4.42 Å². The van der Waals surface area contributed by atoms with Gasteiger partial charge in [0.05, 0.1) is 12.2 Å². The standard InChI is InChI=1S/C14H22N2O/c1-2-6-11(7-3-1)13-10-16-14(17-13)12-8-4-5-9-15-12/h10-12,15H,1-9H2. The van der Waals surface area contributed by atoms with Gasteiger partial charge in [-0.3, -0.25) is 0 Å². The van der Waals surface area contributed by atoms with Crippen LogP contribution in [-0.4, -0.2) is 11.5 Å². The fourth-order valence-electron chi connectivity index (χ4n) is 3.10. The highest BCUT2D eigenvalue weighted by atomic mass is 16.4. The molecule has 1 unspecified atom stereocenters. The second-order valence-electron chi connectivity index (χ2n) is 5.44. The minimum absolute atomic E-state index is 0.362. The molecule has 1 N–H and O–H groups in total. The number of oxazole rings is 1. The van der Waals surface area contributed by atoms with E-state index in [-0.39, 0.29) is 0 Å². The van der Waals surface area contributed by atoms with Crippen molar-refractivity contribution in [3.63, 3.8) is 0 Å². The molecule has 2 fully saturated rings. The number of piperidine rings is 1. The van der Waals surface area contributed by atoms with Crippen molar-refractivity contribution in [1.82, 2.24) is 10.3 Å². The molecule has 94 valence electrons. The molecule has 3 nitrogen and oxygen atoms in total. The summed E-state index contributed by atoms with van der Waals surface area (Å²) in [6.45, 7) is 1.10. The molecule has 17 heavy (non-hydrogen) atoms. The summed E-state index contributed by atoms with van der Waals surface area (Å²) in [5.41, 5.74) is 0. The van der Waals surface area contributed by atoms with E-state index in [1.807, 2.05) is 6.20 Å². The van der Waals surface area contributed by atoms with Gasteiger partial charge < -0.3 is 9.73 Å². The Bertz CT molecular complexity index is 316. The van der Waals surface area contributed by atoms with Crippen molar-refractivity contribution in [2.75, 3.05) is 6.54 Å². The molecule has 2 aliphatic rings. The van der Waals surface area contributed by atoms with Gasteiger partial charge in [0, 0.05) is 5.92 Å². The van der Waals surface area contributed by atoms with Crippen molar-refractivity contribution in [2.24, 2.45) is 0 Å². The van der Waals surface area contributed by atoms with Crippen LogP contribution in [0.4, 0.5) is 0 Å². The number of hydrogen-bond acceptors (Lipinski definition) is 3. The Kier molecular flexibility index (Phi) is 3.46. The van der Waals surface area contributed by atoms with Gasteiger partial charge in [-0.2, -0.15) is 0 Å². The lowest BCUT2D eigenvalue weighted by molar-refractivity contribution is 0.307. The Morgan fingerprint density at radius 1 is 1.06 bits per heavy atom. The summed E-state index contributed by atoms with van der Waals surface area (Å²) in [5.74, 6) is 2.69. The fraction of sp³-hybridized carbons (Fsp3) is 0.786. The van der Waals surface area contributed by atoms with Crippen molar-refractivity contribution < 1.29 is 4.42 Å². The predicted octanol–water partition coefficient (Wildman–Crippen LogP) is 3.54. The van der Waals surface area contributed by atoms with Crippen molar-refractivity contribution in [3.05, 3.63) is 17.8 Å².